The number of hydrogen-bond donors (Lipinski definition) is 0. The Morgan fingerprint density at radius 1 is 1.26 bits per heavy atom. The van der Waals surface area contributed by atoms with Crippen LogP contribution in [0.2, 0.25) is 5.02 Å². The van der Waals surface area contributed by atoms with Gasteiger partial charge in [-0.25, -0.2) is 4.85 Å². The molecule has 0 heterocycles. The molecule has 0 aliphatic heterocycles. The van der Waals surface area contributed by atoms with Crippen molar-refractivity contribution in [3.05, 3.63) is 66.4 Å². The van der Waals surface area contributed by atoms with E-state index < -0.39 is 0 Å². The number of nitrogens with zero attached hydrogens (tertiary/aromatic N) is 1. The van der Waals surface area contributed by atoms with Gasteiger partial charge >= 0.3 is 0 Å². The van der Waals surface area contributed by atoms with Crippen LogP contribution < -0.4 is 4.74 Å². The molecule has 0 saturated heterocycles. The van der Waals surface area contributed by atoms with Crippen LogP contribution in [0.3, 0.4) is 0 Å². The highest BCUT2D eigenvalue weighted by atomic mass is 127. The monoisotopic (exact) mass is 447 g/mol. The van der Waals surface area contributed by atoms with Crippen molar-refractivity contribution in [1.29, 1.82) is 0 Å². The Morgan fingerprint density at radius 3 is 2.74 bits per heavy atom. The van der Waals surface area contributed by atoms with Crippen molar-refractivity contribution >= 4 is 55.8 Å². The van der Waals surface area contributed by atoms with Crippen molar-refractivity contribution in [1.82, 2.24) is 0 Å². The largest absolute Gasteiger partial charge is 0.489 e. The van der Waals surface area contributed by atoms with Crippen LogP contribution in [-0.4, -0.2) is 0 Å². The SMILES string of the molecule is [C-]#[N+]c1ccc(Br)cc1COc1ccc(Cl)cc1I. The minimum atomic E-state index is 0.356. The third-order valence-corrected chi connectivity index (χ3v) is 4.01. The molecule has 5 heteroatoms. The van der Waals surface area contributed by atoms with Crippen molar-refractivity contribution in [3.63, 3.8) is 0 Å². The van der Waals surface area contributed by atoms with Gasteiger partial charge in [0.1, 0.15) is 12.4 Å². The Bertz CT molecular complexity index is 654. The van der Waals surface area contributed by atoms with Gasteiger partial charge in [0.05, 0.1) is 10.1 Å². The van der Waals surface area contributed by atoms with Crippen LogP contribution in [-0.2, 0) is 6.61 Å². The summed E-state index contributed by atoms with van der Waals surface area (Å²) >= 11 is 11.5. The van der Waals surface area contributed by atoms with Gasteiger partial charge in [0.2, 0.25) is 0 Å². The van der Waals surface area contributed by atoms with Gasteiger partial charge in [0, 0.05) is 9.50 Å². The van der Waals surface area contributed by atoms with Crippen LogP contribution in [0, 0.1) is 10.1 Å². The first-order chi connectivity index (χ1) is 9.10. The Hall–Kier alpha value is -0.770. The van der Waals surface area contributed by atoms with Crippen molar-refractivity contribution in [2.75, 3.05) is 0 Å². The van der Waals surface area contributed by atoms with E-state index in [1.807, 2.05) is 24.3 Å². The van der Waals surface area contributed by atoms with Crippen LogP contribution in [0.4, 0.5) is 5.69 Å². The minimum Gasteiger partial charge on any atom is -0.489 e. The van der Waals surface area contributed by atoms with E-state index in [9.17, 15) is 0 Å². The second kappa shape index (κ2) is 6.60. The highest BCUT2D eigenvalue weighted by Gasteiger charge is 2.06. The number of benzene rings is 2. The zero-order valence-electron chi connectivity index (χ0n) is 9.66. The first-order valence-corrected chi connectivity index (χ1v) is 7.59. The maximum atomic E-state index is 7.14. The number of halogens is 3. The lowest BCUT2D eigenvalue weighted by Gasteiger charge is -2.10. The molecule has 0 aliphatic carbocycles. The molecule has 0 radical (unpaired) electrons. The standard InChI is InChI=1S/C14H8BrClINO/c1-18-13-4-2-10(15)6-9(13)8-19-14-5-3-11(16)7-12(14)17/h2-7H,8H2. The number of rotatable bonds is 3. The van der Waals surface area contributed by atoms with E-state index >= 15 is 0 Å². The normalized spacial score (nSPS) is 10.0. The molecule has 2 nitrogen and oxygen atoms in total. The first-order valence-electron chi connectivity index (χ1n) is 5.34. The molecule has 0 saturated carbocycles. The Morgan fingerprint density at radius 2 is 2.05 bits per heavy atom. The van der Waals surface area contributed by atoms with Crippen molar-refractivity contribution in [3.8, 4) is 5.75 Å². The summed E-state index contributed by atoms with van der Waals surface area (Å²) in [5.74, 6) is 0.765. The molecule has 2 aromatic rings. The summed E-state index contributed by atoms with van der Waals surface area (Å²) in [6, 6.07) is 11.0. The molecular weight excluding hydrogens is 440 g/mol. The summed E-state index contributed by atoms with van der Waals surface area (Å²) in [6.45, 7) is 7.50. The molecule has 0 aromatic heterocycles. The van der Waals surface area contributed by atoms with Gasteiger partial charge in [-0.3, -0.25) is 0 Å². The molecule has 0 bridgehead atoms. The topological polar surface area (TPSA) is 13.6 Å². The highest BCUT2D eigenvalue weighted by Crippen LogP contribution is 2.28. The van der Waals surface area contributed by atoms with Crippen LogP contribution >= 0.6 is 50.1 Å². The van der Waals surface area contributed by atoms with Gasteiger partial charge in [-0.05, 0) is 46.4 Å². The van der Waals surface area contributed by atoms with Gasteiger partial charge in [-0.1, -0.05) is 45.7 Å². The predicted octanol–water partition coefficient (Wildman–Crippen LogP) is 5.84. The van der Waals surface area contributed by atoms with E-state index in [0.717, 1.165) is 19.4 Å². The smallest absolute Gasteiger partial charge is 0.193 e. The Balaban J connectivity index is 2.19. The van der Waals surface area contributed by atoms with Crippen molar-refractivity contribution < 1.29 is 4.74 Å². The summed E-state index contributed by atoms with van der Waals surface area (Å²) in [5.41, 5.74) is 1.46. The average Bonchev–Trinajstić information content (AvgIpc) is 2.38. The van der Waals surface area contributed by atoms with Gasteiger partial charge in [0.25, 0.3) is 0 Å². The van der Waals surface area contributed by atoms with E-state index in [2.05, 4.69) is 43.4 Å². The maximum Gasteiger partial charge on any atom is 0.193 e. The Kier molecular flexibility index (Phi) is 5.08. The van der Waals surface area contributed by atoms with Crippen LogP contribution in [0.1, 0.15) is 5.56 Å². The van der Waals surface area contributed by atoms with Gasteiger partial charge in [-0.2, -0.15) is 0 Å². The second-order valence-electron chi connectivity index (χ2n) is 3.75. The molecule has 0 aliphatic rings. The molecule has 96 valence electrons. The lowest BCUT2D eigenvalue weighted by Crippen LogP contribution is -1.97. The molecule has 2 aromatic carbocycles. The van der Waals surface area contributed by atoms with Gasteiger partial charge < -0.3 is 4.74 Å². The van der Waals surface area contributed by atoms with E-state index in [1.165, 1.54) is 0 Å². The van der Waals surface area contributed by atoms with Crippen LogP contribution in [0.15, 0.2) is 40.9 Å². The second-order valence-corrected chi connectivity index (χ2v) is 6.26. The molecular formula is C14H8BrClINO. The van der Waals surface area contributed by atoms with Crippen LogP contribution in [0.5, 0.6) is 5.75 Å². The number of ether oxygens (including phenoxy) is 1. The van der Waals surface area contributed by atoms with Crippen LogP contribution in [0.25, 0.3) is 4.85 Å². The zero-order valence-corrected chi connectivity index (χ0v) is 14.2. The van der Waals surface area contributed by atoms with Crippen molar-refractivity contribution in [2.45, 2.75) is 6.61 Å². The molecule has 0 atom stereocenters. The maximum absolute atomic E-state index is 7.14. The molecule has 0 N–H and O–H groups in total. The Labute approximate surface area is 138 Å². The third kappa shape index (κ3) is 3.85. The van der Waals surface area contributed by atoms with E-state index in [1.54, 1.807) is 12.1 Å². The summed E-state index contributed by atoms with van der Waals surface area (Å²) in [5, 5.41) is 0.682. The van der Waals surface area contributed by atoms with Gasteiger partial charge in [0.15, 0.2) is 5.69 Å². The molecule has 0 amide bonds. The summed E-state index contributed by atoms with van der Waals surface area (Å²) in [6.07, 6.45) is 0. The first kappa shape index (κ1) is 14.6. The van der Waals surface area contributed by atoms with E-state index in [0.29, 0.717) is 17.3 Å². The average molecular weight is 448 g/mol. The minimum absolute atomic E-state index is 0.356. The van der Waals surface area contributed by atoms with E-state index in [-0.39, 0.29) is 0 Å². The van der Waals surface area contributed by atoms with Crippen molar-refractivity contribution in [2.24, 2.45) is 0 Å². The fourth-order valence-electron chi connectivity index (χ4n) is 1.53. The quantitative estimate of drug-likeness (QED) is 0.425. The zero-order chi connectivity index (χ0) is 13.8. The highest BCUT2D eigenvalue weighted by molar-refractivity contribution is 14.1. The molecule has 0 spiro atoms. The predicted molar refractivity (Wildman–Crippen MR) is 88.9 cm³/mol. The molecule has 0 fully saturated rings. The fourth-order valence-corrected chi connectivity index (χ4v) is 2.96. The van der Waals surface area contributed by atoms with Gasteiger partial charge in [-0.15, -0.1) is 0 Å². The fraction of sp³-hybridized carbons (Fsp3) is 0.0714. The molecule has 0 unspecified atom stereocenters. The van der Waals surface area contributed by atoms with E-state index in [4.69, 9.17) is 22.9 Å². The molecule has 19 heavy (non-hydrogen) atoms. The summed E-state index contributed by atoms with van der Waals surface area (Å²) < 4.78 is 7.63. The summed E-state index contributed by atoms with van der Waals surface area (Å²) in [7, 11) is 0. The third-order valence-electron chi connectivity index (χ3n) is 2.44. The lowest BCUT2D eigenvalue weighted by molar-refractivity contribution is 0.304. The molecule has 2 rings (SSSR count). The lowest BCUT2D eigenvalue weighted by atomic mass is 10.2. The summed E-state index contributed by atoms with van der Waals surface area (Å²) in [4.78, 5) is 3.49. The number of hydrogen-bond acceptors (Lipinski definition) is 1.